The molecule has 0 saturated carbocycles. The van der Waals surface area contributed by atoms with Gasteiger partial charge in [-0.15, -0.1) is 0 Å². The van der Waals surface area contributed by atoms with Gasteiger partial charge in [0.05, 0.1) is 5.02 Å². The molecule has 0 spiro atoms. The third-order valence-electron chi connectivity index (χ3n) is 5.84. The summed E-state index contributed by atoms with van der Waals surface area (Å²) in [7, 11) is 0. The van der Waals surface area contributed by atoms with E-state index in [0.29, 0.717) is 17.4 Å². The second-order valence-electron chi connectivity index (χ2n) is 8.17. The van der Waals surface area contributed by atoms with Crippen LogP contribution >= 0.6 is 11.6 Å². The Morgan fingerprint density at radius 3 is 2.03 bits per heavy atom. The number of halogens is 1. The molecule has 1 aromatic heterocycles. The highest BCUT2D eigenvalue weighted by Gasteiger charge is 2.14. The van der Waals surface area contributed by atoms with Crippen molar-refractivity contribution >= 4 is 28.9 Å². The van der Waals surface area contributed by atoms with Crippen molar-refractivity contribution in [2.75, 3.05) is 23.7 Å². The summed E-state index contributed by atoms with van der Waals surface area (Å²) >= 11 is 5.91. The van der Waals surface area contributed by atoms with E-state index >= 15 is 0 Å². The van der Waals surface area contributed by atoms with Crippen LogP contribution in [0.25, 0.3) is 0 Å². The molecule has 2 aromatic carbocycles. The van der Waals surface area contributed by atoms with Gasteiger partial charge < -0.3 is 15.5 Å². The molecule has 1 aliphatic rings. The molecule has 0 amide bonds. The fourth-order valence-electron chi connectivity index (χ4n) is 3.97. The van der Waals surface area contributed by atoms with E-state index in [-0.39, 0.29) is 0 Å². The molecule has 1 saturated heterocycles. The lowest BCUT2D eigenvalue weighted by molar-refractivity contribution is 0.433. The molecule has 0 unspecified atom stereocenters. The van der Waals surface area contributed by atoms with E-state index in [1.807, 2.05) is 65.8 Å². The van der Waals surface area contributed by atoms with Gasteiger partial charge in [0.25, 0.3) is 0 Å². The molecule has 208 valence electrons. The molecular formula is C32H48ClN5. The average molecular weight is 538 g/mol. The number of nitrogens with zero attached hydrogens (tertiary/aromatic N) is 2. The van der Waals surface area contributed by atoms with Crippen LogP contribution in [0.5, 0.6) is 0 Å². The van der Waals surface area contributed by atoms with Gasteiger partial charge in [0.15, 0.2) is 0 Å². The molecule has 0 atom stereocenters. The Morgan fingerprint density at radius 1 is 0.789 bits per heavy atom. The summed E-state index contributed by atoms with van der Waals surface area (Å²) < 4.78 is 0. The lowest BCUT2D eigenvalue weighted by Crippen LogP contribution is -2.31. The van der Waals surface area contributed by atoms with E-state index < -0.39 is 0 Å². The quantitative estimate of drug-likeness (QED) is 0.207. The van der Waals surface area contributed by atoms with Crippen molar-refractivity contribution in [3.8, 4) is 0 Å². The van der Waals surface area contributed by atoms with Gasteiger partial charge >= 0.3 is 0 Å². The molecule has 4 rings (SSSR count). The van der Waals surface area contributed by atoms with Crippen molar-refractivity contribution in [3.05, 3.63) is 88.6 Å². The van der Waals surface area contributed by atoms with Gasteiger partial charge in [0.1, 0.15) is 11.7 Å². The summed E-state index contributed by atoms with van der Waals surface area (Å²) in [6.45, 7) is 15.4. The lowest BCUT2D eigenvalue weighted by atomic mass is 10.1. The molecule has 1 aliphatic heterocycles. The van der Waals surface area contributed by atoms with E-state index in [2.05, 4.69) is 56.9 Å². The molecule has 2 heterocycles. The van der Waals surface area contributed by atoms with Gasteiger partial charge in [-0.2, -0.15) is 0 Å². The smallest absolute Gasteiger partial charge is 0.128 e. The number of rotatable bonds is 7. The summed E-state index contributed by atoms with van der Waals surface area (Å²) in [6, 6.07) is 20.4. The number of aromatic nitrogens is 1. The number of benzene rings is 2. The van der Waals surface area contributed by atoms with Crippen molar-refractivity contribution in [1.82, 2.24) is 9.88 Å². The van der Waals surface area contributed by atoms with Crippen LogP contribution in [0.4, 0.5) is 11.5 Å². The Labute approximate surface area is 236 Å². The van der Waals surface area contributed by atoms with E-state index in [1.54, 1.807) is 6.20 Å². The molecule has 0 aliphatic carbocycles. The number of hydrogen-bond acceptors (Lipinski definition) is 4. The second-order valence-corrected chi connectivity index (χ2v) is 8.61. The number of nitrogens with one attached hydrogen (secondary N) is 3. The minimum atomic E-state index is 0.630. The second kappa shape index (κ2) is 20.0. The number of likely N-dealkylation sites (tertiary alicyclic amines) is 1. The maximum absolute atomic E-state index is 8.58. The van der Waals surface area contributed by atoms with Gasteiger partial charge in [-0.25, -0.2) is 4.98 Å². The number of para-hydroxylation sites is 1. The number of pyridine rings is 1. The monoisotopic (exact) mass is 537 g/mol. The van der Waals surface area contributed by atoms with Crippen LogP contribution < -0.4 is 10.6 Å². The fourth-order valence-corrected chi connectivity index (χ4v) is 4.08. The third kappa shape index (κ3) is 11.1. The van der Waals surface area contributed by atoms with Crippen LogP contribution in [-0.4, -0.2) is 28.8 Å². The Bertz CT molecular complexity index is 1010. The Hall–Kier alpha value is -3.05. The minimum absolute atomic E-state index is 0.630. The maximum Gasteiger partial charge on any atom is 0.128 e. The van der Waals surface area contributed by atoms with E-state index in [1.165, 1.54) is 36.8 Å². The van der Waals surface area contributed by atoms with Crippen molar-refractivity contribution in [2.24, 2.45) is 0 Å². The van der Waals surface area contributed by atoms with Crippen molar-refractivity contribution in [3.63, 3.8) is 0 Å². The Morgan fingerprint density at radius 2 is 1.42 bits per heavy atom. The summed E-state index contributed by atoms with van der Waals surface area (Å²) in [5.74, 6) is 1.45. The summed E-state index contributed by atoms with van der Waals surface area (Å²) in [5, 5.41) is 16.1. The minimum Gasteiger partial charge on any atom is -0.381 e. The van der Waals surface area contributed by atoms with Crippen LogP contribution in [0.2, 0.25) is 5.02 Å². The summed E-state index contributed by atoms with van der Waals surface area (Å²) in [6.07, 6.45) is 6.58. The normalized spacial score (nSPS) is 12.2. The average Bonchev–Trinajstić information content (AvgIpc) is 3.29. The van der Waals surface area contributed by atoms with Gasteiger partial charge in [-0.05, 0) is 42.2 Å². The van der Waals surface area contributed by atoms with Crippen LogP contribution in [0, 0.1) is 5.41 Å². The van der Waals surface area contributed by atoms with Crippen LogP contribution in [0.15, 0.2) is 66.9 Å². The molecule has 0 radical (unpaired) electrons. The first-order chi connectivity index (χ1) is 18.7. The largest absolute Gasteiger partial charge is 0.381 e. The zero-order valence-electron chi connectivity index (χ0n) is 24.3. The van der Waals surface area contributed by atoms with Gasteiger partial charge in [-0.3, -0.25) is 5.41 Å². The summed E-state index contributed by atoms with van der Waals surface area (Å²) in [5.41, 5.74) is 4.45. The standard InChI is InChI=1S/C26H30ClN5.3C2H6/c27-23-13-14-25(31-19-23)30-18-22-7-3-4-8-24(22)29-17-20-9-11-21(12-10-20)26(28)32-15-5-1-2-6-16-32;3*1-2/h3-4,7-14,19,28-29H,1-2,5-6,15-18H2,(H,30,31);3*1-2H3. The van der Waals surface area contributed by atoms with Crippen LogP contribution in [0.3, 0.4) is 0 Å². The maximum atomic E-state index is 8.58. The van der Waals surface area contributed by atoms with Gasteiger partial charge in [0.2, 0.25) is 0 Å². The van der Waals surface area contributed by atoms with E-state index in [4.69, 9.17) is 17.0 Å². The predicted molar refractivity (Wildman–Crippen MR) is 168 cm³/mol. The topological polar surface area (TPSA) is 64.0 Å². The molecule has 3 aromatic rings. The highest BCUT2D eigenvalue weighted by Crippen LogP contribution is 2.19. The van der Waals surface area contributed by atoms with Crippen molar-refractivity contribution in [2.45, 2.75) is 80.3 Å². The predicted octanol–water partition coefficient (Wildman–Crippen LogP) is 9.24. The Balaban J connectivity index is 0.00000112. The van der Waals surface area contributed by atoms with Crippen molar-refractivity contribution < 1.29 is 0 Å². The first-order valence-corrected chi connectivity index (χ1v) is 14.7. The van der Waals surface area contributed by atoms with Crippen molar-refractivity contribution in [1.29, 1.82) is 5.41 Å². The molecule has 1 fully saturated rings. The zero-order valence-corrected chi connectivity index (χ0v) is 25.0. The number of hydrogen-bond donors (Lipinski definition) is 3. The summed E-state index contributed by atoms with van der Waals surface area (Å²) in [4.78, 5) is 6.51. The number of anilines is 2. The SMILES string of the molecule is CC.CC.CC.N=C(c1ccc(CNc2ccccc2CNc2ccc(Cl)cn2)cc1)N1CCCCCC1. The van der Waals surface area contributed by atoms with Crippen LogP contribution in [-0.2, 0) is 13.1 Å². The zero-order chi connectivity index (χ0) is 28.2. The van der Waals surface area contributed by atoms with E-state index in [0.717, 1.165) is 36.7 Å². The molecule has 6 heteroatoms. The molecule has 38 heavy (non-hydrogen) atoms. The molecule has 3 N–H and O–H groups in total. The van der Waals surface area contributed by atoms with Crippen LogP contribution in [0.1, 0.15) is 83.9 Å². The van der Waals surface area contributed by atoms with E-state index in [9.17, 15) is 0 Å². The molecular weight excluding hydrogens is 490 g/mol. The van der Waals surface area contributed by atoms with Gasteiger partial charge in [0, 0.05) is 43.6 Å². The molecule has 5 nitrogen and oxygen atoms in total. The first-order valence-electron chi connectivity index (χ1n) is 14.3. The van der Waals surface area contributed by atoms with Gasteiger partial charge in [-0.1, -0.05) is 108 Å². The fraction of sp³-hybridized carbons (Fsp3) is 0.438. The lowest BCUT2D eigenvalue weighted by Gasteiger charge is -2.23. The number of amidine groups is 1. The Kier molecular flexibility index (Phi) is 17.3. The first kappa shape index (κ1) is 33.0. The highest BCUT2D eigenvalue weighted by atomic mass is 35.5. The molecule has 0 bridgehead atoms. The highest BCUT2D eigenvalue weighted by molar-refractivity contribution is 6.30. The third-order valence-corrected chi connectivity index (χ3v) is 6.06.